The van der Waals surface area contributed by atoms with E-state index >= 15 is 0 Å². The zero-order valence-corrected chi connectivity index (χ0v) is 10.1. The van der Waals surface area contributed by atoms with Crippen molar-refractivity contribution in [3.05, 3.63) is 30.0 Å². The Morgan fingerprint density at radius 2 is 2.19 bits per heavy atom. The van der Waals surface area contributed by atoms with Gasteiger partial charge in [0, 0.05) is 18.6 Å². The van der Waals surface area contributed by atoms with Gasteiger partial charge in [-0.2, -0.15) is 0 Å². The Kier molecular flexibility index (Phi) is 3.15. The first kappa shape index (κ1) is 11.0. The molecular weight excluding hydrogens is 200 g/mol. The molecule has 0 unspecified atom stereocenters. The lowest BCUT2D eigenvalue weighted by atomic mass is 10.1. The number of fused-ring (bicyclic) bond motifs is 1. The van der Waals surface area contributed by atoms with Gasteiger partial charge in [0.15, 0.2) is 0 Å². The molecule has 0 radical (unpaired) electrons. The van der Waals surface area contributed by atoms with Crippen molar-refractivity contribution in [2.45, 2.75) is 6.42 Å². The fraction of sp³-hybridized carbons (Fsp3) is 0.385. The lowest BCUT2D eigenvalue weighted by Crippen LogP contribution is -2.09. The Morgan fingerprint density at radius 3 is 2.88 bits per heavy atom. The van der Waals surface area contributed by atoms with Crippen molar-refractivity contribution < 1.29 is 4.74 Å². The van der Waals surface area contributed by atoms with Gasteiger partial charge in [-0.1, -0.05) is 12.1 Å². The van der Waals surface area contributed by atoms with Crippen LogP contribution in [0.3, 0.4) is 0 Å². The maximum atomic E-state index is 5.39. The minimum atomic E-state index is 0.940. The molecule has 2 aromatic rings. The summed E-state index contributed by atoms with van der Waals surface area (Å²) >= 11 is 0. The molecule has 0 spiro atoms. The zero-order chi connectivity index (χ0) is 11.5. The van der Waals surface area contributed by atoms with E-state index in [2.05, 4.69) is 29.2 Å². The minimum Gasteiger partial charge on any atom is -0.495 e. The standard InChI is InChI=1S/C13H18N2O/c1-14-8-7-10-9-15(2)13-11(10)5-4-6-12(13)16-3/h4-6,9,14H,7-8H2,1-3H3. The number of likely N-dealkylation sites (N-methyl/N-ethyl adjacent to an activating group) is 1. The first-order chi connectivity index (χ1) is 7.77. The monoisotopic (exact) mass is 218 g/mol. The number of hydrogen-bond donors (Lipinski definition) is 1. The van der Waals surface area contributed by atoms with Crippen molar-refractivity contribution in [1.82, 2.24) is 9.88 Å². The van der Waals surface area contributed by atoms with E-state index in [-0.39, 0.29) is 0 Å². The van der Waals surface area contributed by atoms with Gasteiger partial charge in [-0.05, 0) is 31.6 Å². The molecule has 0 atom stereocenters. The molecule has 0 fully saturated rings. The normalized spacial score (nSPS) is 10.9. The summed E-state index contributed by atoms with van der Waals surface area (Å²) in [5, 5.41) is 4.47. The summed E-state index contributed by atoms with van der Waals surface area (Å²) in [6, 6.07) is 6.21. The molecule has 0 saturated heterocycles. The third-order valence-corrected chi connectivity index (χ3v) is 2.91. The molecule has 86 valence electrons. The van der Waals surface area contributed by atoms with Crippen LogP contribution in [0, 0.1) is 0 Å². The highest BCUT2D eigenvalue weighted by Gasteiger charge is 2.09. The molecule has 0 bridgehead atoms. The van der Waals surface area contributed by atoms with Crippen LogP contribution in [0.25, 0.3) is 10.9 Å². The van der Waals surface area contributed by atoms with E-state index in [9.17, 15) is 0 Å². The summed E-state index contributed by atoms with van der Waals surface area (Å²) in [5.41, 5.74) is 2.54. The van der Waals surface area contributed by atoms with Gasteiger partial charge < -0.3 is 14.6 Å². The fourth-order valence-electron chi connectivity index (χ4n) is 2.14. The Labute approximate surface area is 96.0 Å². The smallest absolute Gasteiger partial charge is 0.143 e. The quantitative estimate of drug-likeness (QED) is 0.849. The van der Waals surface area contributed by atoms with Crippen molar-refractivity contribution >= 4 is 10.9 Å². The van der Waals surface area contributed by atoms with Gasteiger partial charge in [0.1, 0.15) is 5.75 Å². The summed E-state index contributed by atoms with van der Waals surface area (Å²) in [7, 11) is 5.76. The summed E-state index contributed by atoms with van der Waals surface area (Å²) in [6.45, 7) is 0.996. The second-order valence-corrected chi connectivity index (χ2v) is 3.98. The molecule has 1 heterocycles. The number of ether oxygens (including phenoxy) is 1. The average Bonchev–Trinajstić information content (AvgIpc) is 2.64. The first-order valence-corrected chi connectivity index (χ1v) is 5.53. The van der Waals surface area contributed by atoms with Crippen LogP contribution in [-0.4, -0.2) is 25.3 Å². The van der Waals surface area contributed by atoms with Crippen LogP contribution in [0.15, 0.2) is 24.4 Å². The van der Waals surface area contributed by atoms with Gasteiger partial charge in [-0.15, -0.1) is 0 Å². The van der Waals surface area contributed by atoms with Gasteiger partial charge in [0.25, 0.3) is 0 Å². The van der Waals surface area contributed by atoms with E-state index in [0.29, 0.717) is 0 Å². The molecule has 1 aromatic carbocycles. The number of aromatic nitrogens is 1. The molecule has 1 aromatic heterocycles. The van der Waals surface area contributed by atoms with Gasteiger partial charge in [-0.3, -0.25) is 0 Å². The average molecular weight is 218 g/mol. The van der Waals surface area contributed by atoms with Crippen molar-refractivity contribution in [3.63, 3.8) is 0 Å². The second-order valence-electron chi connectivity index (χ2n) is 3.98. The van der Waals surface area contributed by atoms with Crippen molar-refractivity contribution in [2.24, 2.45) is 7.05 Å². The molecular formula is C13H18N2O. The maximum Gasteiger partial charge on any atom is 0.143 e. The van der Waals surface area contributed by atoms with Gasteiger partial charge >= 0.3 is 0 Å². The Balaban J connectivity index is 2.53. The van der Waals surface area contributed by atoms with Crippen LogP contribution in [-0.2, 0) is 13.5 Å². The fourth-order valence-corrected chi connectivity index (χ4v) is 2.14. The van der Waals surface area contributed by atoms with Crippen LogP contribution in [0.2, 0.25) is 0 Å². The summed E-state index contributed by atoms with van der Waals surface area (Å²) in [4.78, 5) is 0. The number of nitrogens with zero attached hydrogens (tertiary/aromatic N) is 1. The Bertz CT molecular complexity index is 488. The highest BCUT2D eigenvalue weighted by Crippen LogP contribution is 2.29. The van der Waals surface area contributed by atoms with Crippen molar-refractivity contribution in [1.29, 1.82) is 0 Å². The summed E-state index contributed by atoms with van der Waals surface area (Å²) in [5.74, 6) is 0.940. The largest absolute Gasteiger partial charge is 0.495 e. The van der Waals surface area contributed by atoms with E-state index in [1.165, 1.54) is 16.5 Å². The van der Waals surface area contributed by atoms with Crippen LogP contribution >= 0.6 is 0 Å². The molecule has 16 heavy (non-hydrogen) atoms. The lowest BCUT2D eigenvalue weighted by Gasteiger charge is -2.04. The van der Waals surface area contributed by atoms with Crippen LogP contribution in [0.4, 0.5) is 0 Å². The molecule has 3 heteroatoms. The van der Waals surface area contributed by atoms with E-state index in [1.54, 1.807) is 7.11 Å². The number of nitrogens with one attached hydrogen (secondary N) is 1. The van der Waals surface area contributed by atoms with E-state index < -0.39 is 0 Å². The van der Waals surface area contributed by atoms with Gasteiger partial charge in [0.05, 0.1) is 12.6 Å². The molecule has 0 aliphatic carbocycles. The molecule has 1 N–H and O–H groups in total. The van der Waals surface area contributed by atoms with Gasteiger partial charge in [0.2, 0.25) is 0 Å². The zero-order valence-electron chi connectivity index (χ0n) is 10.1. The number of hydrogen-bond acceptors (Lipinski definition) is 2. The highest BCUT2D eigenvalue weighted by molar-refractivity contribution is 5.89. The Hall–Kier alpha value is -1.48. The predicted octanol–water partition coefficient (Wildman–Crippen LogP) is 1.95. The number of aryl methyl sites for hydroxylation is 1. The summed E-state index contributed by atoms with van der Waals surface area (Å²) < 4.78 is 7.53. The molecule has 3 nitrogen and oxygen atoms in total. The van der Waals surface area contributed by atoms with Gasteiger partial charge in [-0.25, -0.2) is 0 Å². The third kappa shape index (κ3) is 1.78. The van der Waals surface area contributed by atoms with Crippen molar-refractivity contribution in [2.75, 3.05) is 20.7 Å². The molecule has 0 aliphatic rings. The van der Waals surface area contributed by atoms with Crippen LogP contribution in [0.5, 0.6) is 5.75 Å². The minimum absolute atomic E-state index is 0.940. The van der Waals surface area contributed by atoms with E-state index in [0.717, 1.165) is 18.7 Å². The van der Waals surface area contributed by atoms with E-state index in [4.69, 9.17) is 4.74 Å². The first-order valence-electron chi connectivity index (χ1n) is 5.53. The number of para-hydroxylation sites is 1. The topological polar surface area (TPSA) is 26.2 Å². The summed E-state index contributed by atoms with van der Waals surface area (Å²) in [6.07, 6.45) is 3.23. The molecule has 0 amide bonds. The van der Waals surface area contributed by atoms with Crippen LogP contribution < -0.4 is 10.1 Å². The SMILES string of the molecule is CNCCc1cn(C)c2c(OC)cccc12. The second kappa shape index (κ2) is 4.58. The lowest BCUT2D eigenvalue weighted by molar-refractivity contribution is 0.418. The molecule has 2 rings (SSSR count). The van der Waals surface area contributed by atoms with Crippen molar-refractivity contribution in [3.8, 4) is 5.75 Å². The Morgan fingerprint density at radius 1 is 1.38 bits per heavy atom. The number of benzene rings is 1. The molecule has 0 saturated carbocycles. The maximum absolute atomic E-state index is 5.39. The molecule has 0 aliphatic heterocycles. The predicted molar refractivity (Wildman–Crippen MR) is 67.1 cm³/mol. The highest BCUT2D eigenvalue weighted by atomic mass is 16.5. The number of rotatable bonds is 4. The van der Waals surface area contributed by atoms with Crippen LogP contribution in [0.1, 0.15) is 5.56 Å². The number of methoxy groups -OCH3 is 1. The van der Waals surface area contributed by atoms with E-state index in [1.807, 2.05) is 19.2 Å². The third-order valence-electron chi connectivity index (χ3n) is 2.91.